The van der Waals surface area contributed by atoms with Gasteiger partial charge in [0.1, 0.15) is 17.6 Å². The molecule has 0 spiro atoms. The summed E-state index contributed by atoms with van der Waals surface area (Å²) in [5.41, 5.74) is 5.10. The largest absolute Gasteiger partial charge is 0.339 e. The van der Waals surface area contributed by atoms with Crippen molar-refractivity contribution in [3.05, 3.63) is 77.1 Å². The van der Waals surface area contributed by atoms with Crippen LogP contribution in [-0.4, -0.2) is 29.0 Å². The van der Waals surface area contributed by atoms with Crippen molar-refractivity contribution < 1.29 is 8.42 Å². The second-order valence-corrected chi connectivity index (χ2v) is 9.62. The van der Waals surface area contributed by atoms with Crippen molar-refractivity contribution >= 4 is 27.0 Å². The van der Waals surface area contributed by atoms with Crippen molar-refractivity contribution in [3.63, 3.8) is 0 Å². The van der Waals surface area contributed by atoms with Gasteiger partial charge in [-0.2, -0.15) is 4.91 Å². The van der Waals surface area contributed by atoms with E-state index in [4.69, 9.17) is 4.98 Å². The second kappa shape index (κ2) is 7.28. The monoisotopic (exact) mass is 433 g/mol. The number of sulfone groups is 1. The average molecular weight is 433 g/mol. The van der Waals surface area contributed by atoms with Gasteiger partial charge in [-0.25, -0.2) is 13.4 Å². The van der Waals surface area contributed by atoms with Gasteiger partial charge < -0.3 is 5.32 Å². The number of hydrogen-bond acceptors (Lipinski definition) is 7. The third-order valence-electron chi connectivity index (χ3n) is 5.57. The van der Waals surface area contributed by atoms with Gasteiger partial charge in [-0.1, -0.05) is 23.4 Å². The number of imidazole rings is 1. The third kappa shape index (κ3) is 3.46. The van der Waals surface area contributed by atoms with Crippen LogP contribution in [0, 0.1) is 4.91 Å². The molecule has 0 saturated heterocycles. The summed E-state index contributed by atoms with van der Waals surface area (Å²) >= 11 is 0. The zero-order valence-corrected chi connectivity index (χ0v) is 17.5. The van der Waals surface area contributed by atoms with Crippen LogP contribution in [0.1, 0.15) is 23.6 Å². The van der Waals surface area contributed by atoms with E-state index in [1.54, 1.807) is 36.7 Å². The summed E-state index contributed by atoms with van der Waals surface area (Å²) in [5.74, 6) is 0.743. The molecule has 4 aromatic rings. The minimum atomic E-state index is -3.28. The Morgan fingerprint density at radius 3 is 2.71 bits per heavy atom. The Kier molecular flexibility index (Phi) is 4.55. The van der Waals surface area contributed by atoms with E-state index in [-0.39, 0.29) is 10.9 Å². The predicted molar refractivity (Wildman–Crippen MR) is 118 cm³/mol. The summed E-state index contributed by atoms with van der Waals surface area (Å²) in [6.45, 7) is 0. The summed E-state index contributed by atoms with van der Waals surface area (Å²) in [7, 11) is -3.28. The number of nitrogens with zero attached hydrogens (tertiary/aromatic N) is 4. The maximum atomic E-state index is 11.8. The highest BCUT2D eigenvalue weighted by Gasteiger charge is 2.24. The van der Waals surface area contributed by atoms with Crippen molar-refractivity contribution in [1.82, 2.24) is 14.4 Å². The maximum absolute atomic E-state index is 11.8. The molecule has 0 fully saturated rings. The van der Waals surface area contributed by atoms with Crippen molar-refractivity contribution in [2.24, 2.45) is 5.18 Å². The fourth-order valence-corrected chi connectivity index (χ4v) is 4.64. The number of aryl methyl sites for hydroxylation is 1. The minimum Gasteiger partial charge on any atom is -0.339 e. The van der Waals surface area contributed by atoms with E-state index < -0.39 is 9.84 Å². The van der Waals surface area contributed by atoms with Gasteiger partial charge in [-0.3, -0.25) is 9.38 Å². The van der Waals surface area contributed by atoms with E-state index in [1.165, 1.54) is 6.26 Å². The smallest absolute Gasteiger partial charge is 0.175 e. The van der Waals surface area contributed by atoms with Crippen molar-refractivity contribution in [1.29, 1.82) is 0 Å². The molecule has 1 aliphatic rings. The quantitative estimate of drug-likeness (QED) is 0.471. The number of benzene rings is 2. The second-order valence-electron chi connectivity index (χ2n) is 7.61. The molecule has 2 heterocycles. The Balaban J connectivity index is 1.58. The molecule has 5 rings (SSSR count). The normalized spacial score (nSPS) is 15.7. The number of aromatic nitrogens is 3. The van der Waals surface area contributed by atoms with E-state index in [1.807, 2.05) is 28.8 Å². The first-order valence-electron chi connectivity index (χ1n) is 9.79. The Labute approximate surface area is 178 Å². The van der Waals surface area contributed by atoms with Crippen molar-refractivity contribution in [2.45, 2.75) is 23.8 Å². The van der Waals surface area contributed by atoms with Gasteiger partial charge in [-0.15, -0.1) is 0 Å². The lowest BCUT2D eigenvalue weighted by atomic mass is 10.1. The molecular formula is C22H19N5O3S. The number of fused-ring (bicyclic) bond motifs is 2. The molecule has 9 heteroatoms. The van der Waals surface area contributed by atoms with Crippen LogP contribution in [0.3, 0.4) is 0 Å². The van der Waals surface area contributed by atoms with Gasteiger partial charge in [0.05, 0.1) is 11.1 Å². The lowest BCUT2D eigenvalue weighted by Crippen LogP contribution is -1.99. The number of hydrogen-bond donors (Lipinski definition) is 1. The molecule has 2 aromatic heterocycles. The van der Waals surface area contributed by atoms with Gasteiger partial charge in [0.2, 0.25) is 0 Å². The first kappa shape index (κ1) is 19.4. The van der Waals surface area contributed by atoms with Crippen LogP contribution >= 0.6 is 0 Å². The third-order valence-corrected chi connectivity index (χ3v) is 6.69. The van der Waals surface area contributed by atoms with Crippen molar-refractivity contribution in [3.8, 4) is 11.3 Å². The molecule has 8 nitrogen and oxygen atoms in total. The Hall–Kier alpha value is -3.59. The molecule has 1 aliphatic carbocycles. The fraction of sp³-hybridized carbons (Fsp3) is 0.182. The van der Waals surface area contributed by atoms with E-state index >= 15 is 0 Å². The Morgan fingerprint density at radius 1 is 1.16 bits per heavy atom. The summed E-state index contributed by atoms with van der Waals surface area (Å²) in [5, 5.41) is 6.67. The van der Waals surface area contributed by atoms with Crippen LogP contribution < -0.4 is 5.32 Å². The van der Waals surface area contributed by atoms with Crippen LogP contribution in [0.5, 0.6) is 0 Å². The first-order chi connectivity index (χ1) is 14.9. The summed E-state index contributed by atoms with van der Waals surface area (Å²) in [6, 6.07) is 12.3. The average Bonchev–Trinajstić information content (AvgIpc) is 3.34. The number of nitrogens with one attached hydrogen (secondary N) is 1. The standard InChI is InChI=1S/C22H19N5O3S/c1-31(29,30)17-6-2-14(3-7-17)21-22(27-11-10-23-13-20(27)25-21)24-16-5-8-18-15(12-16)4-9-19(18)26-28/h2-3,5-8,10-13,19,24H,4,9H2,1H3. The summed E-state index contributed by atoms with van der Waals surface area (Å²) in [6.07, 6.45) is 7.91. The maximum Gasteiger partial charge on any atom is 0.175 e. The number of nitroso groups, excluding NO2 is 1. The first-order valence-corrected chi connectivity index (χ1v) is 11.7. The van der Waals surface area contributed by atoms with Gasteiger partial charge in [0.15, 0.2) is 15.5 Å². The van der Waals surface area contributed by atoms with Crippen LogP contribution in [0.25, 0.3) is 16.9 Å². The van der Waals surface area contributed by atoms with Crippen LogP contribution in [0.15, 0.2) is 71.1 Å². The zero-order chi connectivity index (χ0) is 21.6. The van der Waals surface area contributed by atoms with E-state index in [2.05, 4.69) is 15.5 Å². The SMILES string of the molecule is CS(=O)(=O)c1ccc(-c2nc3cnccn3c2Nc2ccc3c(c2)CCC3N=O)cc1. The topological polar surface area (TPSA) is 106 Å². The highest BCUT2D eigenvalue weighted by molar-refractivity contribution is 7.90. The fourth-order valence-electron chi connectivity index (χ4n) is 4.01. The van der Waals surface area contributed by atoms with E-state index in [0.717, 1.165) is 41.0 Å². The molecule has 156 valence electrons. The predicted octanol–water partition coefficient (Wildman–Crippen LogP) is 4.30. The number of rotatable bonds is 5. The molecule has 2 aromatic carbocycles. The van der Waals surface area contributed by atoms with Crippen LogP contribution in [-0.2, 0) is 16.3 Å². The Bertz CT molecular complexity index is 1410. The molecular weight excluding hydrogens is 414 g/mol. The molecule has 31 heavy (non-hydrogen) atoms. The lowest BCUT2D eigenvalue weighted by molar-refractivity contribution is 0.602. The molecule has 0 aliphatic heterocycles. The molecule has 0 amide bonds. The van der Waals surface area contributed by atoms with Gasteiger partial charge in [0, 0.05) is 29.9 Å². The van der Waals surface area contributed by atoms with Crippen molar-refractivity contribution in [2.75, 3.05) is 11.6 Å². The molecule has 1 atom stereocenters. The zero-order valence-electron chi connectivity index (χ0n) is 16.7. The Morgan fingerprint density at radius 2 is 1.97 bits per heavy atom. The van der Waals surface area contributed by atoms with Crippen LogP contribution in [0.2, 0.25) is 0 Å². The molecule has 1 N–H and O–H groups in total. The molecule has 0 saturated carbocycles. The summed E-state index contributed by atoms with van der Waals surface area (Å²) in [4.78, 5) is 20.1. The molecule has 0 radical (unpaired) electrons. The van der Waals surface area contributed by atoms with Crippen LogP contribution in [0.4, 0.5) is 11.5 Å². The van der Waals surface area contributed by atoms with Gasteiger partial charge in [-0.05, 0) is 48.2 Å². The molecule has 0 bridgehead atoms. The molecule has 1 unspecified atom stereocenters. The highest BCUT2D eigenvalue weighted by atomic mass is 32.2. The van der Waals surface area contributed by atoms with Gasteiger partial charge >= 0.3 is 0 Å². The number of anilines is 2. The van der Waals surface area contributed by atoms with E-state index in [9.17, 15) is 13.3 Å². The van der Waals surface area contributed by atoms with E-state index in [0.29, 0.717) is 11.3 Å². The minimum absolute atomic E-state index is 0.258. The van der Waals surface area contributed by atoms with Gasteiger partial charge in [0.25, 0.3) is 0 Å². The summed E-state index contributed by atoms with van der Waals surface area (Å²) < 4.78 is 25.5. The lowest BCUT2D eigenvalue weighted by Gasteiger charge is -2.11. The highest BCUT2D eigenvalue weighted by Crippen LogP contribution is 2.37.